The molecular weight excluding hydrogens is 272 g/mol. The maximum absolute atomic E-state index is 9.48. The standard InChI is InChI=1S/C15H16N2O2S/c1-2-3-11-4-6-12(7-5-11)19-14-13(10-18)17-8-9-20-15(17)16-14/h4-9,18H,2-3,10H2,1H3. The number of hydrogen-bond acceptors (Lipinski definition) is 4. The van der Waals surface area contributed by atoms with Crippen LogP contribution in [0.3, 0.4) is 0 Å². The van der Waals surface area contributed by atoms with Crippen LogP contribution in [-0.4, -0.2) is 14.5 Å². The zero-order chi connectivity index (χ0) is 13.9. The summed E-state index contributed by atoms with van der Waals surface area (Å²) in [7, 11) is 0. The molecule has 1 N–H and O–H groups in total. The lowest BCUT2D eigenvalue weighted by Crippen LogP contribution is -1.93. The lowest BCUT2D eigenvalue weighted by atomic mass is 10.1. The Morgan fingerprint density at radius 2 is 2.10 bits per heavy atom. The molecule has 0 fully saturated rings. The first kappa shape index (κ1) is 13.1. The molecule has 1 aromatic carbocycles. The number of hydrogen-bond donors (Lipinski definition) is 1. The zero-order valence-electron chi connectivity index (χ0n) is 11.2. The molecule has 0 aliphatic carbocycles. The SMILES string of the molecule is CCCc1ccc(Oc2nc3sccn3c2CO)cc1. The van der Waals surface area contributed by atoms with Crippen LogP contribution in [0.5, 0.6) is 11.6 Å². The van der Waals surface area contributed by atoms with E-state index in [9.17, 15) is 5.11 Å². The number of nitrogens with zero attached hydrogens (tertiary/aromatic N) is 2. The largest absolute Gasteiger partial charge is 0.437 e. The minimum absolute atomic E-state index is 0.0961. The Bertz CT molecular complexity index is 700. The van der Waals surface area contributed by atoms with Crippen LogP contribution >= 0.6 is 11.3 Å². The lowest BCUT2D eigenvalue weighted by Gasteiger charge is -2.05. The van der Waals surface area contributed by atoms with Crippen molar-refractivity contribution in [2.75, 3.05) is 0 Å². The lowest BCUT2D eigenvalue weighted by molar-refractivity contribution is 0.270. The minimum Gasteiger partial charge on any atom is -0.437 e. The van der Waals surface area contributed by atoms with Crippen LogP contribution in [0.2, 0.25) is 0 Å². The smallest absolute Gasteiger partial charge is 0.244 e. The molecule has 0 spiro atoms. The van der Waals surface area contributed by atoms with Crippen molar-refractivity contribution in [3.8, 4) is 11.6 Å². The van der Waals surface area contributed by atoms with Crippen LogP contribution in [0.15, 0.2) is 35.8 Å². The van der Waals surface area contributed by atoms with Crippen molar-refractivity contribution in [3.05, 3.63) is 47.1 Å². The van der Waals surface area contributed by atoms with E-state index in [2.05, 4.69) is 24.0 Å². The average Bonchev–Trinajstić information content (AvgIpc) is 3.01. The Morgan fingerprint density at radius 1 is 1.30 bits per heavy atom. The Morgan fingerprint density at radius 3 is 2.80 bits per heavy atom. The summed E-state index contributed by atoms with van der Waals surface area (Å²) in [6.45, 7) is 2.07. The molecule has 20 heavy (non-hydrogen) atoms. The molecule has 0 atom stereocenters. The molecule has 0 radical (unpaired) electrons. The van der Waals surface area contributed by atoms with Gasteiger partial charge in [-0.3, -0.25) is 4.40 Å². The highest BCUT2D eigenvalue weighted by Crippen LogP contribution is 2.28. The normalized spacial score (nSPS) is 11.1. The van der Waals surface area contributed by atoms with Crippen LogP contribution < -0.4 is 4.74 Å². The van der Waals surface area contributed by atoms with E-state index in [4.69, 9.17) is 4.74 Å². The van der Waals surface area contributed by atoms with Gasteiger partial charge >= 0.3 is 0 Å². The van der Waals surface area contributed by atoms with E-state index in [-0.39, 0.29) is 6.61 Å². The highest BCUT2D eigenvalue weighted by atomic mass is 32.1. The Labute approximate surface area is 121 Å². The molecule has 0 unspecified atom stereocenters. The summed E-state index contributed by atoms with van der Waals surface area (Å²) < 4.78 is 7.64. The summed E-state index contributed by atoms with van der Waals surface area (Å²) in [6.07, 6.45) is 4.09. The second-order valence-corrected chi connectivity index (χ2v) is 5.45. The van der Waals surface area contributed by atoms with Crippen molar-refractivity contribution in [1.29, 1.82) is 0 Å². The van der Waals surface area contributed by atoms with E-state index in [0.29, 0.717) is 11.6 Å². The Hall–Kier alpha value is -1.85. The molecule has 0 amide bonds. The van der Waals surface area contributed by atoms with Crippen molar-refractivity contribution in [2.24, 2.45) is 0 Å². The predicted octanol–water partition coefficient (Wildman–Crippen LogP) is 3.63. The second kappa shape index (κ2) is 5.64. The maximum atomic E-state index is 9.48. The van der Waals surface area contributed by atoms with Gasteiger partial charge in [0.2, 0.25) is 5.88 Å². The zero-order valence-corrected chi connectivity index (χ0v) is 12.1. The van der Waals surface area contributed by atoms with Crippen LogP contribution in [0.25, 0.3) is 4.96 Å². The number of fused-ring (bicyclic) bond motifs is 1. The monoisotopic (exact) mass is 288 g/mol. The van der Waals surface area contributed by atoms with Gasteiger partial charge in [0, 0.05) is 11.6 Å². The molecule has 0 saturated carbocycles. The van der Waals surface area contributed by atoms with E-state index in [0.717, 1.165) is 23.6 Å². The fourth-order valence-electron chi connectivity index (χ4n) is 2.16. The van der Waals surface area contributed by atoms with Gasteiger partial charge in [-0.05, 0) is 24.1 Å². The summed E-state index contributed by atoms with van der Waals surface area (Å²) in [5.41, 5.74) is 1.98. The second-order valence-electron chi connectivity index (χ2n) is 4.57. The number of imidazole rings is 1. The summed E-state index contributed by atoms with van der Waals surface area (Å²) in [4.78, 5) is 5.22. The summed E-state index contributed by atoms with van der Waals surface area (Å²) in [5, 5.41) is 11.4. The van der Waals surface area contributed by atoms with E-state index < -0.39 is 0 Å². The number of aromatic nitrogens is 2. The number of aryl methyl sites for hydroxylation is 1. The van der Waals surface area contributed by atoms with Gasteiger partial charge in [0.05, 0.1) is 6.61 Å². The fourth-order valence-corrected chi connectivity index (χ4v) is 2.89. The molecule has 3 rings (SSSR count). The van der Waals surface area contributed by atoms with Gasteiger partial charge in [-0.15, -0.1) is 11.3 Å². The fraction of sp³-hybridized carbons (Fsp3) is 0.267. The molecular formula is C15H16N2O2S. The number of thiazole rings is 1. The van der Waals surface area contributed by atoms with E-state index in [1.54, 1.807) is 0 Å². The third kappa shape index (κ3) is 2.42. The molecule has 0 aliphatic heterocycles. The van der Waals surface area contributed by atoms with Crippen molar-refractivity contribution in [3.63, 3.8) is 0 Å². The average molecular weight is 288 g/mol. The van der Waals surface area contributed by atoms with Gasteiger partial charge in [0.15, 0.2) is 4.96 Å². The third-order valence-electron chi connectivity index (χ3n) is 3.15. The van der Waals surface area contributed by atoms with E-state index >= 15 is 0 Å². The van der Waals surface area contributed by atoms with Crippen LogP contribution in [0.1, 0.15) is 24.6 Å². The first-order valence-corrected chi connectivity index (χ1v) is 7.52. The summed E-state index contributed by atoms with van der Waals surface area (Å²) in [5.74, 6) is 1.22. The van der Waals surface area contributed by atoms with Gasteiger partial charge in [-0.25, -0.2) is 0 Å². The van der Waals surface area contributed by atoms with Crippen molar-refractivity contribution in [2.45, 2.75) is 26.4 Å². The van der Waals surface area contributed by atoms with E-state index in [1.807, 2.05) is 28.1 Å². The summed E-state index contributed by atoms with van der Waals surface area (Å²) in [6, 6.07) is 8.02. The van der Waals surface area contributed by atoms with Crippen molar-refractivity contribution < 1.29 is 9.84 Å². The van der Waals surface area contributed by atoms with E-state index in [1.165, 1.54) is 16.9 Å². The minimum atomic E-state index is -0.0961. The van der Waals surface area contributed by atoms with Gasteiger partial charge in [0.25, 0.3) is 0 Å². The molecule has 3 aromatic rings. The van der Waals surface area contributed by atoms with Gasteiger partial charge < -0.3 is 9.84 Å². The van der Waals surface area contributed by atoms with Gasteiger partial charge in [0.1, 0.15) is 11.4 Å². The van der Waals surface area contributed by atoms with Crippen LogP contribution in [0, 0.1) is 0 Å². The molecule has 4 nitrogen and oxygen atoms in total. The number of ether oxygens (including phenoxy) is 1. The molecule has 104 valence electrons. The van der Waals surface area contributed by atoms with Gasteiger partial charge in [-0.2, -0.15) is 4.98 Å². The summed E-state index contributed by atoms with van der Waals surface area (Å²) >= 11 is 1.52. The maximum Gasteiger partial charge on any atom is 0.244 e. The predicted molar refractivity (Wildman–Crippen MR) is 79.5 cm³/mol. The first-order chi connectivity index (χ1) is 9.81. The molecule has 0 aliphatic rings. The van der Waals surface area contributed by atoms with Crippen molar-refractivity contribution in [1.82, 2.24) is 9.38 Å². The molecule has 2 heterocycles. The highest BCUT2D eigenvalue weighted by Gasteiger charge is 2.14. The Kier molecular flexibility index (Phi) is 3.71. The highest BCUT2D eigenvalue weighted by molar-refractivity contribution is 7.15. The third-order valence-corrected chi connectivity index (χ3v) is 3.91. The number of aliphatic hydroxyl groups excluding tert-OH is 1. The molecule has 2 aromatic heterocycles. The van der Waals surface area contributed by atoms with Gasteiger partial charge in [-0.1, -0.05) is 25.5 Å². The van der Waals surface area contributed by atoms with Crippen LogP contribution in [-0.2, 0) is 13.0 Å². The first-order valence-electron chi connectivity index (χ1n) is 6.64. The molecule has 0 saturated heterocycles. The quantitative estimate of drug-likeness (QED) is 0.779. The topological polar surface area (TPSA) is 46.8 Å². The molecule has 5 heteroatoms. The molecule has 0 bridgehead atoms. The number of aliphatic hydroxyl groups is 1. The Balaban J connectivity index is 1.86. The van der Waals surface area contributed by atoms with Crippen LogP contribution in [0.4, 0.5) is 0 Å². The van der Waals surface area contributed by atoms with Crippen molar-refractivity contribution >= 4 is 16.3 Å². The number of rotatable bonds is 5. The number of benzene rings is 1.